The molecule has 2 saturated heterocycles. The highest BCUT2D eigenvalue weighted by atomic mass is 32.2. The molecule has 9 nitrogen and oxygen atoms in total. The summed E-state index contributed by atoms with van der Waals surface area (Å²) >= 11 is 0. The molecule has 10 heteroatoms. The van der Waals surface area contributed by atoms with Crippen LogP contribution in [0.5, 0.6) is 5.75 Å². The molecule has 2 atom stereocenters. The summed E-state index contributed by atoms with van der Waals surface area (Å²) in [6.45, 7) is 4.49. The molecule has 4 N–H and O–H groups in total. The zero-order valence-electron chi connectivity index (χ0n) is 17.9. The molecule has 2 amide bonds. The van der Waals surface area contributed by atoms with Gasteiger partial charge in [0.15, 0.2) is 0 Å². The largest absolute Gasteiger partial charge is 0.490 e. The molecule has 172 valence electrons. The first-order chi connectivity index (χ1) is 14.8. The molecule has 1 aromatic rings. The number of hydrogen-bond acceptors (Lipinski definition) is 7. The molecule has 0 radical (unpaired) electrons. The van der Waals surface area contributed by atoms with Crippen molar-refractivity contribution < 1.29 is 22.7 Å². The van der Waals surface area contributed by atoms with Gasteiger partial charge in [-0.1, -0.05) is 6.92 Å². The molecule has 0 spiro atoms. The summed E-state index contributed by atoms with van der Waals surface area (Å²) in [5.74, 6) is -0.908. The van der Waals surface area contributed by atoms with Gasteiger partial charge in [0.25, 0.3) is 10.0 Å². The number of hydrogen-bond donors (Lipinski definition) is 3. The number of rotatable bonds is 9. The van der Waals surface area contributed by atoms with Gasteiger partial charge in [0.2, 0.25) is 11.8 Å². The van der Waals surface area contributed by atoms with Crippen molar-refractivity contribution in [2.24, 2.45) is 11.7 Å². The number of sulfonamides is 1. The van der Waals surface area contributed by atoms with E-state index in [-0.39, 0.29) is 23.8 Å². The highest BCUT2D eigenvalue weighted by Gasteiger charge is 2.37. The summed E-state index contributed by atoms with van der Waals surface area (Å²) < 4.78 is 33.7. The third-order valence-electron chi connectivity index (χ3n) is 5.86. The van der Waals surface area contributed by atoms with Gasteiger partial charge in [0.05, 0.1) is 10.9 Å². The number of ether oxygens (including phenoxy) is 1. The van der Waals surface area contributed by atoms with E-state index in [0.29, 0.717) is 25.3 Å². The molecule has 31 heavy (non-hydrogen) atoms. The van der Waals surface area contributed by atoms with Crippen molar-refractivity contribution in [3.8, 4) is 5.75 Å². The first-order valence-corrected chi connectivity index (χ1v) is 12.3. The number of carbonyl (C=O) groups is 2. The number of benzene rings is 1. The second-order valence-electron chi connectivity index (χ2n) is 8.22. The van der Waals surface area contributed by atoms with E-state index in [4.69, 9.17) is 10.5 Å². The predicted octanol–water partition coefficient (Wildman–Crippen LogP) is 0.598. The van der Waals surface area contributed by atoms with Crippen LogP contribution in [0.4, 0.5) is 0 Å². The van der Waals surface area contributed by atoms with E-state index in [0.717, 1.165) is 30.2 Å². The van der Waals surface area contributed by atoms with E-state index in [1.807, 2.05) is 0 Å². The van der Waals surface area contributed by atoms with Gasteiger partial charge in [-0.2, -0.15) is 0 Å². The van der Waals surface area contributed by atoms with Crippen molar-refractivity contribution >= 4 is 21.8 Å². The molecule has 0 aromatic heterocycles. The summed E-state index contributed by atoms with van der Waals surface area (Å²) in [7, 11) is -4.04. The van der Waals surface area contributed by atoms with Crippen LogP contribution in [0, 0.1) is 5.92 Å². The summed E-state index contributed by atoms with van der Waals surface area (Å²) in [4.78, 5) is 24.3. The molecule has 2 heterocycles. The van der Waals surface area contributed by atoms with Crippen LogP contribution in [0.2, 0.25) is 0 Å². The fourth-order valence-corrected chi connectivity index (χ4v) is 5.51. The first kappa shape index (κ1) is 23.5. The second kappa shape index (κ2) is 10.4. The van der Waals surface area contributed by atoms with Crippen molar-refractivity contribution in [2.75, 3.05) is 26.2 Å². The average molecular weight is 453 g/mol. The van der Waals surface area contributed by atoms with Gasteiger partial charge < -0.3 is 21.1 Å². The van der Waals surface area contributed by atoms with Gasteiger partial charge in [-0.3, -0.25) is 9.59 Å². The topological polar surface area (TPSA) is 131 Å². The second-order valence-corrected chi connectivity index (χ2v) is 10.0. The Morgan fingerprint density at radius 1 is 1.13 bits per heavy atom. The third-order valence-corrected chi connectivity index (χ3v) is 7.75. The Labute approximate surface area is 183 Å². The molecule has 1 aromatic carbocycles. The van der Waals surface area contributed by atoms with E-state index in [9.17, 15) is 18.0 Å². The predicted molar refractivity (Wildman–Crippen MR) is 116 cm³/mol. The lowest BCUT2D eigenvalue weighted by atomic mass is 10.0. The van der Waals surface area contributed by atoms with Gasteiger partial charge >= 0.3 is 0 Å². The molecular formula is C21H32N4O5S. The summed E-state index contributed by atoms with van der Waals surface area (Å²) in [6, 6.07) is 5.80. The number of nitrogens with zero attached hydrogens (tertiary/aromatic N) is 1. The maximum Gasteiger partial charge on any atom is 0.266 e. The monoisotopic (exact) mass is 452 g/mol. The van der Waals surface area contributed by atoms with E-state index >= 15 is 0 Å². The van der Waals surface area contributed by atoms with Crippen LogP contribution in [0.1, 0.15) is 39.0 Å². The zero-order chi connectivity index (χ0) is 22.4. The molecule has 0 saturated carbocycles. The fourth-order valence-electron chi connectivity index (χ4n) is 3.88. The Hall–Kier alpha value is -2.17. The third kappa shape index (κ3) is 5.96. The van der Waals surface area contributed by atoms with E-state index in [1.54, 1.807) is 19.1 Å². The number of piperidine rings is 1. The fraction of sp³-hybridized carbons (Fsp3) is 0.619. The van der Waals surface area contributed by atoms with Gasteiger partial charge in [-0.05, 0) is 69.6 Å². The SMILES string of the molecule is C[C@@H](CCC(=O)N([C@@H]1CCNC1)S(=O)(=O)c1ccc(OC2CCNCC2)cc1)C(N)=O. The number of primary amides is 1. The Bertz CT molecular complexity index is 862. The van der Waals surface area contributed by atoms with Crippen molar-refractivity contribution in [2.45, 2.75) is 56.1 Å². The number of nitrogens with one attached hydrogen (secondary N) is 2. The maximum atomic E-state index is 13.4. The Morgan fingerprint density at radius 3 is 2.35 bits per heavy atom. The van der Waals surface area contributed by atoms with Crippen LogP contribution in [-0.4, -0.2) is 62.9 Å². The smallest absolute Gasteiger partial charge is 0.266 e. The molecule has 2 fully saturated rings. The minimum Gasteiger partial charge on any atom is -0.490 e. The maximum absolute atomic E-state index is 13.4. The zero-order valence-corrected chi connectivity index (χ0v) is 18.7. The number of carbonyl (C=O) groups excluding carboxylic acids is 2. The molecule has 2 aliphatic heterocycles. The van der Waals surface area contributed by atoms with Crippen molar-refractivity contribution in [3.05, 3.63) is 24.3 Å². The van der Waals surface area contributed by atoms with Crippen molar-refractivity contribution in [1.29, 1.82) is 0 Å². The summed E-state index contributed by atoms with van der Waals surface area (Å²) in [5.41, 5.74) is 5.27. The minimum atomic E-state index is -4.04. The Morgan fingerprint density at radius 2 is 1.77 bits per heavy atom. The van der Waals surface area contributed by atoms with Gasteiger partial charge in [-0.15, -0.1) is 0 Å². The number of nitrogens with two attached hydrogens (primary N) is 1. The lowest BCUT2D eigenvalue weighted by Gasteiger charge is -2.28. The van der Waals surface area contributed by atoms with Gasteiger partial charge in [-0.25, -0.2) is 12.7 Å². The number of amides is 2. The molecule has 3 rings (SSSR count). The summed E-state index contributed by atoms with van der Waals surface area (Å²) in [5, 5.41) is 6.39. The molecule has 0 bridgehead atoms. The molecule has 0 aliphatic carbocycles. The Balaban J connectivity index is 1.75. The van der Waals surface area contributed by atoms with E-state index in [2.05, 4.69) is 10.6 Å². The lowest BCUT2D eigenvalue weighted by molar-refractivity contribution is -0.128. The highest BCUT2D eigenvalue weighted by molar-refractivity contribution is 7.89. The highest BCUT2D eigenvalue weighted by Crippen LogP contribution is 2.26. The van der Waals surface area contributed by atoms with Crippen LogP contribution >= 0.6 is 0 Å². The van der Waals surface area contributed by atoms with Crippen LogP contribution in [-0.2, 0) is 19.6 Å². The van der Waals surface area contributed by atoms with Crippen LogP contribution in [0.15, 0.2) is 29.2 Å². The summed E-state index contributed by atoms with van der Waals surface area (Å²) in [6.07, 6.45) is 2.62. The normalized spacial score (nSPS) is 20.9. The molecular weight excluding hydrogens is 420 g/mol. The van der Waals surface area contributed by atoms with Crippen LogP contribution < -0.4 is 21.1 Å². The van der Waals surface area contributed by atoms with Crippen LogP contribution in [0.25, 0.3) is 0 Å². The Kier molecular flexibility index (Phi) is 7.90. The average Bonchev–Trinajstić information content (AvgIpc) is 3.27. The van der Waals surface area contributed by atoms with Gasteiger partial charge in [0.1, 0.15) is 11.9 Å². The molecule has 2 aliphatic rings. The van der Waals surface area contributed by atoms with Crippen LogP contribution in [0.3, 0.4) is 0 Å². The first-order valence-electron chi connectivity index (χ1n) is 10.8. The van der Waals surface area contributed by atoms with Crippen molar-refractivity contribution in [1.82, 2.24) is 14.9 Å². The minimum absolute atomic E-state index is 0.0494. The molecule has 0 unspecified atom stereocenters. The van der Waals surface area contributed by atoms with E-state index in [1.165, 1.54) is 12.1 Å². The lowest BCUT2D eigenvalue weighted by Crippen LogP contribution is -2.45. The quantitative estimate of drug-likeness (QED) is 0.500. The van der Waals surface area contributed by atoms with Gasteiger partial charge in [0, 0.05) is 18.9 Å². The van der Waals surface area contributed by atoms with E-state index < -0.39 is 33.8 Å². The standard InChI is InChI=1S/C21H32N4O5S/c1-15(21(22)27)2-7-20(26)25(16-8-11-24-14-16)31(28,29)19-5-3-17(4-6-19)30-18-9-12-23-13-10-18/h3-6,15-16,18,23-24H,2,7-14H2,1H3,(H2,22,27)/t15-,16+/m0/s1. The van der Waals surface area contributed by atoms with Crippen molar-refractivity contribution in [3.63, 3.8) is 0 Å².